The summed E-state index contributed by atoms with van der Waals surface area (Å²) >= 11 is 0. The van der Waals surface area contributed by atoms with Crippen molar-refractivity contribution in [3.63, 3.8) is 0 Å². The molecule has 2 heteroatoms. The van der Waals surface area contributed by atoms with Gasteiger partial charge in [0, 0.05) is 6.54 Å². The van der Waals surface area contributed by atoms with E-state index < -0.39 is 0 Å². The lowest BCUT2D eigenvalue weighted by atomic mass is 10.3. The lowest BCUT2D eigenvalue weighted by Gasteiger charge is -2.06. The Morgan fingerprint density at radius 3 is 2.60 bits per heavy atom. The number of hydrogen-bond acceptors (Lipinski definition) is 2. The summed E-state index contributed by atoms with van der Waals surface area (Å²) in [7, 11) is 4.19. The lowest BCUT2D eigenvalue weighted by Crippen LogP contribution is -2.12. The summed E-state index contributed by atoms with van der Waals surface area (Å²) in [5, 5.41) is 0. The highest BCUT2D eigenvalue weighted by molar-refractivity contribution is 5.56. The minimum Gasteiger partial charge on any atom is -0.309 e. The molecule has 0 aromatic rings. The standard InChI is InChI=1S/C8H18N2/c1-4-9-7-5-6-8-10(2)3/h7H,4-6,8H2,1-3H3/b9-7-. The first-order chi connectivity index (χ1) is 4.77. The first-order valence-electron chi connectivity index (χ1n) is 3.90. The molecule has 0 spiro atoms. The molecule has 0 saturated carbocycles. The van der Waals surface area contributed by atoms with Crippen molar-refractivity contribution in [1.29, 1.82) is 0 Å². The largest absolute Gasteiger partial charge is 0.309 e. The fourth-order valence-electron chi connectivity index (χ4n) is 0.719. The Labute approximate surface area is 63.9 Å². The molecule has 10 heavy (non-hydrogen) atoms. The molecule has 0 atom stereocenters. The number of hydrogen-bond donors (Lipinski definition) is 0. The van der Waals surface area contributed by atoms with Crippen LogP contribution >= 0.6 is 0 Å². The third kappa shape index (κ3) is 7.63. The maximum Gasteiger partial charge on any atom is 0.0357 e. The molecule has 0 bridgehead atoms. The number of rotatable bonds is 5. The van der Waals surface area contributed by atoms with Gasteiger partial charge in [-0.2, -0.15) is 0 Å². The van der Waals surface area contributed by atoms with E-state index in [2.05, 4.69) is 30.9 Å². The van der Waals surface area contributed by atoms with Gasteiger partial charge in [-0.1, -0.05) is 0 Å². The van der Waals surface area contributed by atoms with Gasteiger partial charge < -0.3 is 4.90 Å². The highest BCUT2D eigenvalue weighted by Crippen LogP contribution is 1.86. The highest BCUT2D eigenvalue weighted by Gasteiger charge is 1.86. The Morgan fingerprint density at radius 2 is 2.10 bits per heavy atom. The van der Waals surface area contributed by atoms with Gasteiger partial charge in [0.15, 0.2) is 0 Å². The van der Waals surface area contributed by atoms with Gasteiger partial charge in [-0.15, -0.1) is 0 Å². The van der Waals surface area contributed by atoms with Crippen LogP contribution in [0.15, 0.2) is 4.99 Å². The average Bonchev–Trinajstić information content (AvgIpc) is 1.87. The molecular formula is C8H18N2. The number of nitrogens with zero attached hydrogens (tertiary/aromatic N) is 2. The molecule has 0 aliphatic carbocycles. The molecule has 0 radical (unpaired) electrons. The SMILES string of the molecule is CC/N=C\CCCN(C)C. The predicted octanol–water partition coefficient (Wildman–Crippen LogP) is 1.42. The van der Waals surface area contributed by atoms with Gasteiger partial charge >= 0.3 is 0 Å². The number of unbranched alkanes of at least 4 members (excludes halogenated alkanes) is 1. The van der Waals surface area contributed by atoms with Gasteiger partial charge in [0.25, 0.3) is 0 Å². The molecule has 0 unspecified atom stereocenters. The van der Waals surface area contributed by atoms with E-state index in [0.717, 1.165) is 19.5 Å². The van der Waals surface area contributed by atoms with Crippen LogP contribution in [-0.2, 0) is 0 Å². The molecule has 60 valence electrons. The second-order valence-electron chi connectivity index (χ2n) is 2.63. The van der Waals surface area contributed by atoms with E-state index in [1.807, 2.05) is 6.21 Å². The molecule has 0 N–H and O–H groups in total. The Morgan fingerprint density at radius 1 is 1.40 bits per heavy atom. The quantitative estimate of drug-likeness (QED) is 0.418. The van der Waals surface area contributed by atoms with Crippen molar-refractivity contribution in [3.8, 4) is 0 Å². The Kier molecular flexibility index (Phi) is 6.50. The van der Waals surface area contributed by atoms with Crippen LogP contribution in [0, 0.1) is 0 Å². The smallest absolute Gasteiger partial charge is 0.0357 e. The summed E-state index contributed by atoms with van der Waals surface area (Å²) in [6.07, 6.45) is 4.35. The lowest BCUT2D eigenvalue weighted by molar-refractivity contribution is 0.404. The van der Waals surface area contributed by atoms with Crippen molar-refractivity contribution in [1.82, 2.24) is 4.90 Å². The summed E-state index contributed by atoms with van der Waals surface area (Å²) in [5.41, 5.74) is 0. The van der Waals surface area contributed by atoms with Gasteiger partial charge in [0.05, 0.1) is 0 Å². The Hall–Kier alpha value is -0.370. The fraction of sp³-hybridized carbons (Fsp3) is 0.875. The Bertz CT molecular complexity index is 87.3. The summed E-state index contributed by atoms with van der Waals surface area (Å²) in [6, 6.07) is 0. The minimum absolute atomic E-state index is 0.919. The van der Waals surface area contributed by atoms with Crippen molar-refractivity contribution in [2.75, 3.05) is 27.2 Å². The second-order valence-corrected chi connectivity index (χ2v) is 2.63. The van der Waals surface area contributed by atoms with Crippen LogP contribution in [0.1, 0.15) is 19.8 Å². The van der Waals surface area contributed by atoms with Gasteiger partial charge in [-0.05, 0) is 46.6 Å². The van der Waals surface area contributed by atoms with E-state index in [1.165, 1.54) is 6.42 Å². The molecule has 0 amide bonds. The molecular weight excluding hydrogens is 124 g/mol. The maximum atomic E-state index is 4.13. The van der Waals surface area contributed by atoms with Crippen LogP contribution in [0.4, 0.5) is 0 Å². The highest BCUT2D eigenvalue weighted by atomic mass is 15.0. The summed E-state index contributed by atoms with van der Waals surface area (Å²) < 4.78 is 0. The first kappa shape index (κ1) is 9.63. The van der Waals surface area contributed by atoms with Gasteiger partial charge in [0.2, 0.25) is 0 Å². The summed E-state index contributed by atoms with van der Waals surface area (Å²) in [4.78, 5) is 6.32. The second kappa shape index (κ2) is 6.75. The van der Waals surface area contributed by atoms with Crippen molar-refractivity contribution in [2.24, 2.45) is 4.99 Å². The molecule has 0 saturated heterocycles. The fourth-order valence-corrected chi connectivity index (χ4v) is 0.719. The van der Waals surface area contributed by atoms with E-state index in [0.29, 0.717) is 0 Å². The van der Waals surface area contributed by atoms with Gasteiger partial charge in [-0.25, -0.2) is 0 Å². The summed E-state index contributed by atoms with van der Waals surface area (Å²) in [5.74, 6) is 0. The molecule has 0 rings (SSSR count). The monoisotopic (exact) mass is 142 g/mol. The maximum absolute atomic E-state index is 4.13. The third-order valence-electron chi connectivity index (χ3n) is 1.25. The average molecular weight is 142 g/mol. The zero-order chi connectivity index (χ0) is 7.82. The van der Waals surface area contributed by atoms with E-state index in [-0.39, 0.29) is 0 Å². The molecule has 0 heterocycles. The van der Waals surface area contributed by atoms with Crippen molar-refractivity contribution in [3.05, 3.63) is 0 Å². The molecule has 2 nitrogen and oxygen atoms in total. The molecule has 0 aromatic heterocycles. The normalized spacial score (nSPS) is 11.6. The minimum atomic E-state index is 0.919. The van der Waals surface area contributed by atoms with Crippen molar-refractivity contribution >= 4 is 6.21 Å². The van der Waals surface area contributed by atoms with Crippen LogP contribution in [0.2, 0.25) is 0 Å². The first-order valence-corrected chi connectivity index (χ1v) is 3.90. The zero-order valence-corrected chi connectivity index (χ0v) is 7.30. The van der Waals surface area contributed by atoms with E-state index >= 15 is 0 Å². The van der Waals surface area contributed by atoms with Crippen molar-refractivity contribution in [2.45, 2.75) is 19.8 Å². The van der Waals surface area contributed by atoms with Crippen LogP contribution in [-0.4, -0.2) is 38.3 Å². The molecule has 0 aromatic carbocycles. The van der Waals surface area contributed by atoms with E-state index in [1.54, 1.807) is 0 Å². The van der Waals surface area contributed by atoms with E-state index in [9.17, 15) is 0 Å². The third-order valence-corrected chi connectivity index (χ3v) is 1.25. The van der Waals surface area contributed by atoms with Crippen LogP contribution in [0.5, 0.6) is 0 Å². The zero-order valence-electron chi connectivity index (χ0n) is 7.30. The van der Waals surface area contributed by atoms with Crippen LogP contribution in [0.3, 0.4) is 0 Å². The molecule has 0 aliphatic heterocycles. The molecule has 0 aliphatic rings. The van der Waals surface area contributed by atoms with Crippen molar-refractivity contribution < 1.29 is 0 Å². The summed E-state index contributed by atoms with van der Waals surface area (Å²) in [6.45, 7) is 4.14. The van der Waals surface area contributed by atoms with Gasteiger partial charge in [-0.3, -0.25) is 4.99 Å². The van der Waals surface area contributed by atoms with Crippen LogP contribution < -0.4 is 0 Å². The molecule has 0 fully saturated rings. The van der Waals surface area contributed by atoms with Crippen LogP contribution in [0.25, 0.3) is 0 Å². The topological polar surface area (TPSA) is 15.6 Å². The van der Waals surface area contributed by atoms with Gasteiger partial charge in [0.1, 0.15) is 0 Å². The Balaban J connectivity index is 2.97. The number of aliphatic imine (C=N–C) groups is 1. The van der Waals surface area contributed by atoms with E-state index in [4.69, 9.17) is 0 Å². The predicted molar refractivity (Wildman–Crippen MR) is 46.8 cm³/mol.